The smallest absolute Gasteiger partial charge is 0.0658 e. The van der Waals surface area contributed by atoms with E-state index >= 15 is 0 Å². The van der Waals surface area contributed by atoms with Crippen LogP contribution in [-0.2, 0) is 0 Å². The van der Waals surface area contributed by atoms with E-state index in [4.69, 9.17) is 0 Å². The average molecular weight is 153 g/mol. The molecule has 3 nitrogen and oxygen atoms in total. The van der Waals surface area contributed by atoms with Crippen LogP contribution < -0.4 is 16.0 Å². The molecule has 2 rings (SSSR count). The van der Waals surface area contributed by atoms with Gasteiger partial charge in [-0.1, -0.05) is 6.58 Å². The maximum absolute atomic E-state index is 4.03. The monoisotopic (exact) mass is 153 g/mol. The van der Waals surface area contributed by atoms with Crippen LogP contribution >= 0.6 is 0 Å². The summed E-state index contributed by atoms with van der Waals surface area (Å²) >= 11 is 0. The van der Waals surface area contributed by atoms with Crippen LogP contribution in [-0.4, -0.2) is 25.3 Å². The second kappa shape index (κ2) is 2.50. The third-order valence-electron chi connectivity index (χ3n) is 2.76. The van der Waals surface area contributed by atoms with Gasteiger partial charge < -0.3 is 10.6 Å². The Morgan fingerprint density at radius 3 is 2.55 bits per heavy atom. The quantitative estimate of drug-likeness (QED) is 0.450. The molecule has 2 aliphatic heterocycles. The van der Waals surface area contributed by atoms with Crippen LogP contribution in [0.2, 0.25) is 0 Å². The molecular formula is C8H15N3. The van der Waals surface area contributed by atoms with Gasteiger partial charge in [-0.05, 0) is 25.9 Å². The summed E-state index contributed by atoms with van der Waals surface area (Å²) in [5.74, 6) is 0. The number of nitrogens with one attached hydrogen (secondary N) is 3. The molecule has 2 saturated heterocycles. The van der Waals surface area contributed by atoms with E-state index in [0.717, 1.165) is 19.8 Å². The molecule has 62 valence electrons. The van der Waals surface area contributed by atoms with Crippen molar-refractivity contribution in [2.75, 3.05) is 19.8 Å². The zero-order valence-corrected chi connectivity index (χ0v) is 6.74. The Bertz CT molecular complexity index is 170. The summed E-state index contributed by atoms with van der Waals surface area (Å²) < 4.78 is 0. The fourth-order valence-corrected chi connectivity index (χ4v) is 1.93. The van der Waals surface area contributed by atoms with Crippen molar-refractivity contribution in [2.45, 2.75) is 18.4 Å². The molecular weight excluding hydrogens is 138 g/mol. The van der Waals surface area contributed by atoms with Gasteiger partial charge in [0.05, 0.1) is 12.2 Å². The molecule has 0 aromatic heterocycles. The number of piperidine rings is 1. The average Bonchev–Trinajstić information content (AvgIpc) is 2.36. The van der Waals surface area contributed by atoms with Gasteiger partial charge in [0.15, 0.2) is 0 Å². The fourth-order valence-electron chi connectivity index (χ4n) is 1.93. The molecule has 1 spiro atoms. The van der Waals surface area contributed by atoms with E-state index in [1.54, 1.807) is 0 Å². The second-order valence-corrected chi connectivity index (χ2v) is 3.34. The number of rotatable bonds is 0. The standard InChI is InChI=1S/C8H15N3/c1-7-8(11-6-10-7)2-4-9-5-3-8/h9-11H,1-6H2. The van der Waals surface area contributed by atoms with Crippen LogP contribution in [0.25, 0.3) is 0 Å². The van der Waals surface area contributed by atoms with Gasteiger partial charge in [0.25, 0.3) is 0 Å². The predicted molar refractivity (Wildman–Crippen MR) is 45.1 cm³/mol. The Labute approximate surface area is 67.2 Å². The van der Waals surface area contributed by atoms with Gasteiger partial charge in [-0.15, -0.1) is 0 Å². The third-order valence-corrected chi connectivity index (χ3v) is 2.76. The number of hydrogen-bond donors (Lipinski definition) is 3. The summed E-state index contributed by atoms with van der Waals surface area (Å²) in [6.07, 6.45) is 2.33. The Morgan fingerprint density at radius 1 is 1.27 bits per heavy atom. The summed E-state index contributed by atoms with van der Waals surface area (Å²) in [5.41, 5.74) is 1.39. The molecule has 0 unspecified atom stereocenters. The third kappa shape index (κ3) is 1.04. The highest BCUT2D eigenvalue weighted by molar-refractivity contribution is 5.20. The summed E-state index contributed by atoms with van der Waals surface area (Å²) in [4.78, 5) is 0. The SMILES string of the molecule is C=C1NCNC12CCNCC2. The van der Waals surface area contributed by atoms with E-state index in [1.165, 1.54) is 18.5 Å². The fraction of sp³-hybridized carbons (Fsp3) is 0.750. The highest BCUT2D eigenvalue weighted by Crippen LogP contribution is 2.26. The largest absolute Gasteiger partial charge is 0.375 e. The molecule has 2 aliphatic rings. The maximum atomic E-state index is 4.03. The first-order valence-corrected chi connectivity index (χ1v) is 4.22. The molecule has 0 atom stereocenters. The Hall–Kier alpha value is -0.540. The zero-order chi connectivity index (χ0) is 7.73. The topological polar surface area (TPSA) is 36.1 Å². The van der Waals surface area contributed by atoms with E-state index in [9.17, 15) is 0 Å². The highest BCUT2D eigenvalue weighted by Gasteiger charge is 2.37. The van der Waals surface area contributed by atoms with Crippen LogP contribution in [0.1, 0.15) is 12.8 Å². The van der Waals surface area contributed by atoms with Crippen molar-refractivity contribution in [1.82, 2.24) is 16.0 Å². The molecule has 0 saturated carbocycles. The van der Waals surface area contributed by atoms with Gasteiger partial charge in [-0.2, -0.15) is 0 Å². The Kier molecular flexibility index (Phi) is 1.62. The van der Waals surface area contributed by atoms with Gasteiger partial charge >= 0.3 is 0 Å². The molecule has 0 aromatic carbocycles. The minimum atomic E-state index is 0.214. The van der Waals surface area contributed by atoms with Crippen LogP contribution in [0.3, 0.4) is 0 Å². The minimum Gasteiger partial charge on any atom is -0.375 e. The van der Waals surface area contributed by atoms with Gasteiger partial charge in [-0.25, -0.2) is 0 Å². The van der Waals surface area contributed by atoms with Crippen LogP contribution in [0, 0.1) is 0 Å². The lowest BCUT2D eigenvalue weighted by Crippen LogP contribution is -2.49. The highest BCUT2D eigenvalue weighted by atomic mass is 15.2. The van der Waals surface area contributed by atoms with Gasteiger partial charge in [0.2, 0.25) is 0 Å². The minimum absolute atomic E-state index is 0.214. The van der Waals surface area contributed by atoms with E-state index < -0.39 is 0 Å². The van der Waals surface area contributed by atoms with Crippen molar-refractivity contribution in [3.8, 4) is 0 Å². The second-order valence-electron chi connectivity index (χ2n) is 3.34. The molecule has 0 radical (unpaired) electrons. The van der Waals surface area contributed by atoms with Crippen molar-refractivity contribution >= 4 is 0 Å². The molecule has 3 heteroatoms. The molecule has 11 heavy (non-hydrogen) atoms. The molecule has 2 heterocycles. The van der Waals surface area contributed by atoms with Gasteiger partial charge in [-0.3, -0.25) is 5.32 Å². The normalized spacial score (nSPS) is 28.9. The van der Waals surface area contributed by atoms with E-state index in [1.807, 2.05) is 0 Å². The lowest BCUT2D eigenvalue weighted by Gasteiger charge is -2.33. The Balaban J connectivity index is 2.12. The number of hydrogen-bond acceptors (Lipinski definition) is 3. The first-order chi connectivity index (χ1) is 5.33. The van der Waals surface area contributed by atoms with Crippen molar-refractivity contribution in [3.05, 3.63) is 12.3 Å². The van der Waals surface area contributed by atoms with Crippen molar-refractivity contribution in [2.24, 2.45) is 0 Å². The summed E-state index contributed by atoms with van der Waals surface area (Å²) in [7, 11) is 0. The summed E-state index contributed by atoms with van der Waals surface area (Å²) in [6, 6.07) is 0. The first kappa shape index (κ1) is 7.13. The molecule has 2 fully saturated rings. The summed E-state index contributed by atoms with van der Waals surface area (Å²) in [6.45, 7) is 7.13. The van der Waals surface area contributed by atoms with Gasteiger partial charge in [0.1, 0.15) is 0 Å². The lowest BCUT2D eigenvalue weighted by atomic mass is 9.87. The van der Waals surface area contributed by atoms with E-state index in [0.29, 0.717) is 0 Å². The van der Waals surface area contributed by atoms with Crippen molar-refractivity contribution in [1.29, 1.82) is 0 Å². The van der Waals surface area contributed by atoms with Crippen LogP contribution in [0.15, 0.2) is 12.3 Å². The van der Waals surface area contributed by atoms with Crippen molar-refractivity contribution < 1.29 is 0 Å². The van der Waals surface area contributed by atoms with Crippen LogP contribution in [0.5, 0.6) is 0 Å². The molecule has 0 aliphatic carbocycles. The maximum Gasteiger partial charge on any atom is 0.0658 e. The molecule has 0 amide bonds. The Morgan fingerprint density at radius 2 is 2.00 bits per heavy atom. The van der Waals surface area contributed by atoms with Crippen molar-refractivity contribution in [3.63, 3.8) is 0 Å². The molecule has 3 N–H and O–H groups in total. The van der Waals surface area contributed by atoms with E-state index in [-0.39, 0.29) is 5.54 Å². The summed E-state index contributed by atoms with van der Waals surface area (Å²) in [5, 5.41) is 10.1. The van der Waals surface area contributed by atoms with Gasteiger partial charge in [0, 0.05) is 5.70 Å². The molecule has 0 aromatic rings. The lowest BCUT2D eigenvalue weighted by molar-refractivity contribution is 0.322. The zero-order valence-electron chi connectivity index (χ0n) is 6.74. The predicted octanol–water partition coefficient (Wildman–Crippen LogP) is -0.227. The first-order valence-electron chi connectivity index (χ1n) is 4.22. The van der Waals surface area contributed by atoms with Crippen LogP contribution in [0.4, 0.5) is 0 Å². The molecule has 0 bridgehead atoms. The van der Waals surface area contributed by atoms with E-state index in [2.05, 4.69) is 22.5 Å².